The number of benzene rings is 2. The first-order valence-electron chi connectivity index (χ1n) is 11.8. The van der Waals surface area contributed by atoms with E-state index >= 15 is 0 Å². The molecule has 172 valence electrons. The number of nitrogens with one attached hydrogen (secondary N) is 1. The smallest absolute Gasteiger partial charge is 0.224 e. The van der Waals surface area contributed by atoms with Crippen molar-refractivity contribution in [3.05, 3.63) is 54.1 Å². The summed E-state index contributed by atoms with van der Waals surface area (Å²) in [6.07, 6.45) is 5.14. The summed E-state index contributed by atoms with van der Waals surface area (Å²) in [5, 5.41) is 3.10. The Morgan fingerprint density at radius 2 is 1.91 bits per heavy atom. The molecule has 1 atom stereocenters. The fraction of sp³-hybridized carbons (Fsp3) is 0.500. The molecular formula is C26H35N3O3. The minimum atomic E-state index is 0.133. The second-order valence-electron chi connectivity index (χ2n) is 8.74. The van der Waals surface area contributed by atoms with Crippen molar-refractivity contribution in [3.63, 3.8) is 0 Å². The molecular weight excluding hydrogens is 402 g/mol. The van der Waals surface area contributed by atoms with Crippen molar-refractivity contribution >= 4 is 11.6 Å². The maximum absolute atomic E-state index is 12.9. The predicted molar refractivity (Wildman–Crippen MR) is 128 cm³/mol. The van der Waals surface area contributed by atoms with Gasteiger partial charge in [-0.2, -0.15) is 0 Å². The van der Waals surface area contributed by atoms with Crippen LogP contribution in [0.3, 0.4) is 0 Å². The molecule has 0 aromatic heterocycles. The van der Waals surface area contributed by atoms with E-state index in [9.17, 15) is 4.79 Å². The number of piperazine rings is 1. The van der Waals surface area contributed by atoms with Gasteiger partial charge < -0.3 is 24.6 Å². The van der Waals surface area contributed by atoms with E-state index in [4.69, 9.17) is 9.47 Å². The van der Waals surface area contributed by atoms with Crippen LogP contribution in [-0.4, -0.2) is 63.3 Å². The van der Waals surface area contributed by atoms with Crippen molar-refractivity contribution in [3.8, 4) is 11.5 Å². The lowest BCUT2D eigenvalue weighted by Crippen LogP contribution is -2.56. The summed E-state index contributed by atoms with van der Waals surface area (Å²) in [4.78, 5) is 17.4. The third-order valence-corrected chi connectivity index (χ3v) is 6.56. The Labute approximate surface area is 191 Å². The first-order chi connectivity index (χ1) is 15.7. The lowest BCUT2D eigenvalue weighted by Gasteiger charge is -2.43. The molecule has 0 radical (unpaired) electrons. The quantitative estimate of drug-likeness (QED) is 0.651. The predicted octanol–water partition coefficient (Wildman–Crippen LogP) is 3.50. The molecule has 1 unspecified atom stereocenters. The summed E-state index contributed by atoms with van der Waals surface area (Å²) in [7, 11) is 3.58. The first kappa shape index (κ1) is 22.5. The van der Waals surface area contributed by atoms with Crippen LogP contribution >= 0.6 is 0 Å². The number of methoxy groups -OCH3 is 1. The molecule has 4 rings (SSSR count). The number of hydrogen-bond donors (Lipinski definition) is 1. The highest BCUT2D eigenvalue weighted by atomic mass is 16.5. The van der Waals surface area contributed by atoms with Crippen LogP contribution in [0.4, 0.5) is 5.69 Å². The van der Waals surface area contributed by atoms with Crippen LogP contribution in [0.25, 0.3) is 0 Å². The van der Waals surface area contributed by atoms with Crippen LogP contribution in [0.1, 0.15) is 31.2 Å². The Kier molecular flexibility index (Phi) is 7.53. The van der Waals surface area contributed by atoms with Gasteiger partial charge in [0, 0.05) is 44.4 Å². The first-order valence-corrected chi connectivity index (χ1v) is 11.8. The second kappa shape index (κ2) is 10.7. The van der Waals surface area contributed by atoms with Crippen molar-refractivity contribution in [1.29, 1.82) is 0 Å². The number of amides is 1. The molecule has 2 aromatic rings. The number of nitrogens with zero attached hydrogens (tertiary/aromatic N) is 2. The van der Waals surface area contributed by atoms with Gasteiger partial charge in [-0.25, -0.2) is 0 Å². The van der Waals surface area contributed by atoms with E-state index in [2.05, 4.69) is 51.5 Å². The van der Waals surface area contributed by atoms with Crippen LogP contribution < -0.4 is 19.7 Å². The Bertz CT molecular complexity index is 885. The van der Waals surface area contributed by atoms with E-state index in [1.165, 1.54) is 12.0 Å². The zero-order chi connectivity index (χ0) is 22.3. The molecule has 1 aliphatic carbocycles. The normalized spacial score (nSPS) is 18.9. The molecule has 1 saturated heterocycles. The summed E-state index contributed by atoms with van der Waals surface area (Å²) >= 11 is 0. The maximum atomic E-state index is 12.9. The lowest BCUT2D eigenvalue weighted by molar-refractivity contribution is -0.133. The molecule has 0 bridgehead atoms. The highest BCUT2D eigenvalue weighted by molar-refractivity contribution is 5.77. The van der Waals surface area contributed by atoms with Crippen molar-refractivity contribution in [1.82, 2.24) is 10.2 Å². The van der Waals surface area contributed by atoms with E-state index < -0.39 is 0 Å². The van der Waals surface area contributed by atoms with Crippen LogP contribution in [0, 0.1) is 0 Å². The molecule has 2 aromatic carbocycles. The minimum absolute atomic E-state index is 0.133. The van der Waals surface area contributed by atoms with Crippen molar-refractivity contribution in [2.75, 3.05) is 45.2 Å². The van der Waals surface area contributed by atoms with Gasteiger partial charge in [0.25, 0.3) is 0 Å². The van der Waals surface area contributed by atoms with Gasteiger partial charge in [-0.1, -0.05) is 30.3 Å². The van der Waals surface area contributed by atoms with E-state index in [-0.39, 0.29) is 11.9 Å². The van der Waals surface area contributed by atoms with Gasteiger partial charge in [-0.3, -0.25) is 4.79 Å². The topological polar surface area (TPSA) is 54.0 Å². The third kappa shape index (κ3) is 5.36. The van der Waals surface area contributed by atoms with Gasteiger partial charge in [0.2, 0.25) is 5.91 Å². The lowest BCUT2D eigenvalue weighted by atomic mass is 9.96. The SMILES string of the molecule is CNCCC(=O)N1CCN(c2ccc(OC)c(OC3CCC3)c2)CC1Cc1ccccc1. The van der Waals surface area contributed by atoms with Crippen molar-refractivity contribution in [2.45, 2.75) is 44.2 Å². The monoisotopic (exact) mass is 437 g/mol. The van der Waals surface area contributed by atoms with Gasteiger partial charge in [-0.15, -0.1) is 0 Å². The molecule has 1 aliphatic heterocycles. The number of carbonyl (C=O) groups excluding carboxylic acids is 1. The largest absolute Gasteiger partial charge is 0.493 e. The van der Waals surface area contributed by atoms with Crippen LogP contribution in [0.5, 0.6) is 11.5 Å². The average Bonchev–Trinajstić information content (AvgIpc) is 2.80. The number of rotatable bonds is 9. The highest BCUT2D eigenvalue weighted by Crippen LogP contribution is 2.36. The van der Waals surface area contributed by atoms with E-state index in [0.717, 1.165) is 56.1 Å². The molecule has 6 nitrogen and oxygen atoms in total. The minimum Gasteiger partial charge on any atom is -0.493 e. The molecule has 0 spiro atoms. The number of anilines is 1. The highest BCUT2D eigenvalue weighted by Gasteiger charge is 2.31. The Morgan fingerprint density at radius 1 is 1.09 bits per heavy atom. The number of carbonyl (C=O) groups is 1. The van der Waals surface area contributed by atoms with Crippen LogP contribution in [0.15, 0.2) is 48.5 Å². The van der Waals surface area contributed by atoms with Crippen molar-refractivity contribution < 1.29 is 14.3 Å². The Balaban J connectivity index is 1.52. The van der Waals surface area contributed by atoms with E-state index in [1.807, 2.05) is 19.2 Å². The number of hydrogen-bond acceptors (Lipinski definition) is 5. The van der Waals surface area contributed by atoms with E-state index in [0.29, 0.717) is 19.1 Å². The van der Waals surface area contributed by atoms with Gasteiger partial charge in [-0.05, 0) is 50.4 Å². The summed E-state index contributed by atoms with van der Waals surface area (Å²) in [6, 6.07) is 16.8. The summed E-state index contributed by atoms with van der Waals surface area (Å²) < 4.78 is 11.7. The number of ether oxygens (including phenoxy) is 2. The zero-order valence-electron chi connectivity index (χ0n) is 19.3. The second-order valence-corrected chi connectivity index (χ2v) is 8.74. The molecule has 1 amide bonds. The summed E-state index contributed by atoms with van der Waals surface area (Å²) in [6.45, 7) is 3.05. The van der Waals surface area contributed by atoms with Gasteiger partial charge in [0.1, 0.15) is 0 Å². The molecule has 2 aliphatic rings. The summed E-state index contributed by atoms with van der Waals surface area (Å²) in [5.41, 5.74) is 2.38. The standard InChI is InChI=1S/C26H35N3O3/c1-27-14-13-26(30)29-16-15-28(19-22(29)17-20-7-4-3-5-8-20)21-11-12-24(31-2)25(18-21)32-23-9-6-10-23/h3-5,7-8,11-12,18,22-23,27H,6,9-10,13-17,19H2,1-2H3. The van der Waals surface area contributed by atoms with E-state index in [1.54, 1.807) is 7.11 Å². The molecule has 1 N–H and O–H groups in total. The van der Waals surface area contributed by atoms with Crippen LogP contribution in [0.2, 0.25) is 0 Å². The molecule has 1 saturated carbocycles. The van der Waals surface area contributed by atoms with Crippen LogP contribution in [-0.2, 0) is 11.2 Å². The van der Waals surface area contributed by atoms with Gasteiger partial charge in [0.15, 0.2) is 11.5 Å². The molecule has 6 heteroatoms. The Morgan fingerprint density at radius 3 is 2.59 bits per heavy atom. The van der Waals surface area contributed by atoms with Crippen molar-refractivity contribution in [2.24, 2.45) is 0 Å². The Hall–Kier alpha value is -2.73. The molecule has 2 fully saturated rings. The zero-order valence-corrected chi connectivity index (χ0v) is 19.3. The fourth-order valence-corrected chi connectivity index (χ4v) is 4.48. The van der Waals surface area contributed by atoms with Gasteiger partial charge >= 0.3 is 0 Å². The van der Waals surface area contributed by atoms with Gasteiger partial charge in [0.05, 0.1) is 19.3 Å². The fourth-order valence-electron chi connectivity index (χ4n) is 4.48. The maximum Gasteiger partial charge on any atom is 0.224 e. The molecule has 1 heterocycles. The molecule has 32 heavy (non-hydrogen) atoms. The third-order valence-electron chi connectivity index (χ3n) is 6.56. The average molecular weight is 438 g/mol. The summed E-state index contributed by atoms with van der Waals surface area (Å²) in [5.74, 6) is 1.83.